The van der Waals surface area contributed by atoms with Crippen LogP contribution in [0.3, 0.4) is 0 Å². The molecule has 106 valence electrons. The van der Waals surface area contributed by atoms with Gasteiger partial charge in [0.05, 0.1) is 12.2 Å². The van der Waals surface area contributed by atoms with Gasteiger partial charge in [0, 0.05) is 30.0 Å². The van der Waals surface area contributed by atoms with E-state index in [1.165, 1.54) is 6.07 Å². The maximum absolute atomic E-state index is 13.9. The van der Waals surface area contributed by atoms with Crippen LogP contribution in [-0.4, -0.2) is 12.0 Å². The minimum atomic E-state index is -0.348. The van der Waals surface area contributed by atoms with Crippen molar-refractivity contribution in [1.29, 1.82) is 0 Å². The van der Waals surface area contributed by atoms with Crippen LogP contribution < -0.4 is 10.6 Å². The molecule has 0 radical (unpaired) electrons. The second kappa shape index (κ2) is 6.01. The second-order valence-electron chi connectivity index (χ2n) is 5.09. The highest BCUT2D eigenvalue weighted by Gasteiger charge is 2.15. The smallest absolute Gasteiger partial charge is 0.130 e. The predicted molar refractivity (Wildman–Crippen MR) is 80.1 cm³/mol. The third-order valence-corrected chi connectivity index (χ3v) is 3.24. The lowest BCUT2D eigenvalue weighted by atomic mass is 10.1. The summed E-state index contributed by atoms with van der Waals surface area (Å²) in [6.45, 7) is 4.37. The molecule has 2 N–H and O–H groups in total. The molecule has 1 aromatic heterocycles. The summed E-state index contributed by atoms with van der Waals surface area (Å²) in [5.41, 5.74) is 9.17. The van der Waals surface area contributed by atoms with E-state index < -0.39 is 0 Å². The van der Waals surface area contributed by atoms with Crippen LogP contribution in [0, 0.1) is 12.7 Å². The Morgan fingerprint density at radius 1 is 1.25 bits per heavy atom. The number of pyridine rings is 1. The Balaban J connectivity index is 2.30. The summed E-state index contributed by atoms with van der Waals surface area (Å²) in [4.78, 5) is 6.44. The fraction of sp³-hybridized carbons (Fsp3) is 0.312. The van der Waals surface area contributed by atoms with Gasteiger partial charge in [-0.15, -0.1) is 0 Å². The number of anilines is 1. The van der Waals surface area contributed by atoms with Gasteiger partial charge in [0.15, 0.2) is 0 Å². The molecule has 0 unspecified atom stereocenters. The summed E-state index contributed by atoms with van der Waals surface area (Å²) in [5, 5.41) is 0. The second-order valence-corrected chi connectivity index (χ2v) is 5.09. The molecule has 1 heterocycles. The van der Waals surface area contributed by atoms with Crippen molar-refractivity contribution in [3.63, 3.8) is 0 Å². The molecule has 0 aliphatic rings. The van der Waals surface area contributed by atoms with Crippen molar-refractivity contribution in [1.82, 2.24) is 4.98 Å². The monoisotopic (exact) mass is 273 g/mol. The maximum Gasteiger partial charge on any atom is 0.130 e. The van der Waals surface area contributed by atoms with E-state index in [9.17, 15) is 4.39 Å². The lowest BCUT2D eigenvalue weighted by Gasteiger charge is -2.24. The zero-order valence-electron chi connectivity index (χ0n) is 12.1. The van der Waals surface area contributed by atoms with E-state index in [0.29, 0.717) is 12.1 Å². The van der Waals surface area contributed by atoms with Crippen LogP contribution >= 0.6 is 0 Å². The number of nitrogens with two attached hydrogens (primary N) is 1. The molecule has 0 saturated carbocycles. The van der Waals surface area contributed by atoms with Crippen LogP contribution in [0.4, 0.5) is 10.1 Å². The number of hydrogen-bond donors (Lipinski definition) is 1. The summed E-state index contributed by atoms with van der Waals surface area (Å²) >= 11 is 0. The van der Waals surface area contributed by atoms with Gasteiger partial charge in [-0.05, 0) is 38.1 Å². The molecule has 0 fully saturated rings. The summed E-state index contributed by atoms with van der Waals surface area (Å²) in [6, 6.07) is 10.6. The van der Waals surface area contributed by atoms with Crippen LogP contribution in [0.25, 0.3) is 0 Å². The first kappa shape index (κ1) is 14.5. The van der Waals surface area contributed by atoms with Gasteiger partial charge in [0.25, 0.3) is 0 Å². The Hall–Kier alpha value is -1.94. The summed E-state index contributed by atoms with van der Waals surface area (Å²) in [5.74, 6) is -0.262. The van der Waals surface area contributed by atoms with E-state index in [1.807, 2.05) is 43.1 Å². The Labute approximate surface area is 119 Å². The highest BCUT2D eigenvalue weighted by atomic mass is 19.1. The van der Waals surface area contributed by atoms with Crippen LogP contribution in [0.2, 0.25) is 0 Å². The van der Waals surface area contributed by atoms with Gasteiger partial charge in [0.1, 0.15) is 5.82 Å². The van der Waals surface area contributed by atoms with Gasteiger partial charge in [-0.3, -0.25) is 4.98 Å². The average Bonchev–Trinajstić information content (AvgIpc) is 2.37. The molecular formula is C16H20FN3. The van der Waals surface area contributed by atoms with Crippen molar-refractivity contribution >= 4 is 5.69 Å². The van der Waals surface area contributed by atoms with E-state index in [2.05, 4.69) is 4.98 Å². The van der Waals surface area contributed by atoms with E-state index in [4.69, 9.17) is 5.73 Å². The molecular weight excluding hydrogens is 253 g/mol. The molecule has 4 heteroatoms. The zero-order chi connectivity index (χ0) is 14.7. The first-order valence-corrected chi connectivity index (χ1v) is 6.66. The molecule has 1 aromatic carbocycles. The average molecular weight is 273 g/mol. The number of nitrogens with zero attached hydrogens (tertiary/aromatic N) is 2. The minimum Gasteiger partial charge on any atom is -0.368 e. The van der Waals surface area contributed by atoms with Gasteiger partial charge >= 0.3 is 0 Å². The number of hydrogen-bond acceptors (Lipinski definition) is 3. The Morgan fingerprint density at radius 3 is 2.60 bits per heavy atom. The number of halogens is 1. The standard InChI is InChI=1S/C16H20FN3/c1-11-6-4-7-13(19-11)10-20(3)15-9-5-8-14(17)16(15)12(2)18/h4-9,12H,10,18H2,1-3H3/t12-/m0/s1. The van der Waals surface area contributed by atoms with Gasteiger partial charge in [-0.2, -0.15) is 0 Å². The lowest BCUT2D eigenvalue weighted by Crippen LogP contribution is -2.21. The van der Waals surface area contributed by atoms with Crippen molar-refractivity contribution in [3.05, 3.63) is 59.2 Å². The molecule has 2 rings (SSSR count). The molecule has 1 atom stereocenters. The van der Waals surface area contributed by atoms with Crippen LogP contribution in [-0.2, 0) is 6.54 Å². The van der Waals surface area contributed by atoms with Crippen molar-refractivity contribution in [2.75, 3.05) is 11.9 Å². The van der Waals surface area contributed by atoms with E-state index in [1.54, 1.807) is 13.0 Å². The first-order valence-electron chi connectivity index (χ1n) is 6.66. The maximum atomic E-state index is 13.9. The van der Waals surface area contributed by atoms with Crippen molar-refractivity contribution in [3.8, 4) is 0 Å². The van der Waals surface area contributed by atoms with Gasteiger partial charge in [0.2, 0.25) is 0 Å². The molecule has 0 bridgehead atoms. The van der Waals surface area contributed by atoms with E-state index in [-0.39, 0.29) is 11.9 Å². The van der Waals surface area contributed by atoms with Crippen LogP contribution in [0.15, 0.2) is 36.4 Å². The molecule has 0 spiro atoms. The minimum absolute atomic E-state index is 0.262. The number of rotatable bonds is 4. The van der Waals surface area contributed by atoms with Gasteiger partial charge in [-0.25, -0.2) is 4.39 Å². The Morgan fingerprint density at radius 2 is 1.95 bits per heavy atom. The molecule has 2 aromatic rings. The molecule has 0 aliphatic carbocycles. The molecule has 20 heavy (non-hydrogen) atoms. The van der Waals surface area contributed by atoms with E-state index in [0.717, 1.165) is 17.1 Å². The largest absolute Gasteiger partial charge is 0.368 e. The van der Waals surface area contributed by atoms with Gasteiger partial charge in [-0.1, -0.05) is 12.1 Å². The van der Waals surface area contributed by atoms with Crippen molar-refractivity contribution in [2.45, 2.75) is 26.4 Å². The molecule has 3 nitrogen and oxygen atoms in total. The van der Waals surface area contributed by atoms with Crippen LogP contribution in [0.1, 0.15) is 29.9 Å². The SMILES string of the molecule is Cc1cccc(CN(C)c2cccc(F)c2[C@H](C)N)n1. The summed E-state index contributed by atoms with van der Waals surface area (Å²) in [6.07, 6.45) is 0. The van der Waals surface area contributed by atoms with Crippen LogP contribution in [0.5, 0.6) is 0 Å². The lowest BCUT2D eigenvalue weighted by molar-refractivity contribution is 0.592. The van der Waals surface area contributed by atoms with Crippen molar-refractivity contribution in [2.24, 2.45) is 5.73 Å². The molecule has 0 saturated heterocycles. The predicted octanol–water partition coefficient (Wildman–Crippen LogP) is 3.19. The highest BCUT2D eigenvalue weighted by Crippen LogP contribution is 2.27. The quantitative estimate of drug-likeness (QED) is 0.930. The topological polar surface area (TPSA) is 42.1 Å². The normalized spacial score (nSPS) is 12.2. The first-order chi connectivity index (χ1) is 9.49. The van der Waals surface area contributed by atoms with E-state index >= 15 is 0 Å². The fourth-order valence-electron chi connectivity index (χ4n) is 2.32. The summed E-state index contributed by atoms with van der Waals surface area (Å²) < 4.78 is 13.9. The molecule has 0 amide bonds. The number of aromatic nitrogens is 1. The third kappa shape index (κ3) is 3.14. The fourth-order valence-corrected chi connectivity index (χ4v) is 2.32. The van der Waals surface area contributed by atoms with Crippen molar-refractivity contribution < 1.29 is 4.39 Å². The Bertz CT molecular complexity index is 596. The third-order valence-electron chi connectivity index (χ3n) is 3.24. The Kier molecular flexibility index (Phi) is 4.35. The zero-order valence-corrected chi connectivity index (χ0v) is 12.1. The van der Waals surface area contributed by atoms with Gasteiger partial charge < -0.3 is 10.6 Å². The molecule has 0 aliphatic heterocycles. The summed E-state index contributed by atoms with van der Waals surface area (Å²) in [7, 11) is 1.92. The highest BCUT2D eigenvalue weighted by molar-refractivity contribution is 5.55. The number of benzene rings is 1. The number of aryl methyl sites for hydroxylation is 1.